The first-order valence-corrected chi connectivity index (χ1v) is 24.9. The fraction of sp³-hybridized carbons (Fsp3) is 0.618. The van der Waals surface area contributed by atoms with Gasteiger partial charge in [0.1, 0.15) is 18.3 Å². The Kier molecular flexibility index (Phi) is 16.6. The number of carbonyl (C=O) groups excluding carboxylic acids is 3. The Labute approximate surface area is 389 Å². The van der Waals surface area contributed by atoms with Crippen LogP contribution in [-0.4, -0.2) is 52.6 Å². The number of ether oxygens (including phenoxy) is 2. The molecule has 2 saturated heterocycles. The molecule has 5 heterocycles. The third-order valence-electron chi connectivity index (χ3n) is 15.4. The summed E-state index contributed by atoms with van der Waals surface area (Å²) in [4.78, 5) is 47.6. The zero-order valence-electron chi connectivity index (χ0n) is 41.7. The number of aromatic nitrogens is 2. The van der Waals surface area contributed by atoms with Gasteiger partial charge in [-0.25, -0.2) is 0 Å². The lowest BCUT2D eigenvalue weighted by Gasteiger charge is -2.26. The molecule has 0 saturated carbocycles. The number of nitrogens with one attached hydrogen (secondary N) is 4. The number of methoxy groups -OCH3 is 1. The number of rotatable bonds is 20. The number of ketones is 1. The Bertz CT molecular complexity index is 2340. The van der Waals surface area contributed by atoms with Gasteiger partial charge in [-0.15, -0.1) is 0 Å². The van der Waals surface area contributed by atoms with Crippen LogP contribution >= 0.6 is 0 Å². The molecule has 2 aromatic rings. The minimum atomic E-state index is -1.02. The largest absolute Gasteiger partial charge is 0.510 e. The lowest BCUT2D eigenvalue weighted by molar-refractivity contribution is -0.143. The quantitative estimate of drug-likeness (QED) is 0.0502. The van der Waals surface area contributed by atoms with Gasteiger partial charge < -0.3 is 35.2 Å². The lowest BCUT2D eigenvalue weighted by atomic mass is 9.80. The second-order valence-corrected chi connectivity index (χ2v) is 20.7. The molecule has 65 heavy (non-hydrogen) atoms. The zero-order valence-corrected chi connectivity index (χ0v) is 41.7. The van der Waals surface area contributed by atoms with E-state index in [1.807, 2.05) is 19.9 Å². The number of allylic oxidation sites excluding steroid dienone is 4. The summed E-state index contributed by atoms with van der Waals surface area (Å²) in [6.07, 6.45) is 21.2. The van der Waals surface area contributed by atoms with E-state index in [0.29, 0.717) is 28.1 Å². The van der Waals surface area contributed by atoms with Crippen molar-refractivity contribution in [2.75, 3.05) is 13.7 Å². The molecule has 0 aromatic carbocycles. The standard InChI is InChI=1S/C55H80N4O6/c1-13-39-34(7)41-29-46-48(38(11)60)36(9)43(57-46)27-42-35(8)40(52(58-42)50-51(55(63)64-12)54(62)49-37(10)44(59-53(49)50)28-45(39)56-41)23-24-47(61)65-26-25-33(6)22-16-21-32(5)20-15-19-31(4)18-14-17-30(2)3/h25,27-32,34-35,39-40,51-52,56-59,62H,13-24,26H2,1-12H3/b33-25+,41-29-,42-27-,45-28-/t31-,32-,34-,35+,39?,40+,51-,52?/m1/s1. The molecule has 4 aliphatic rings. The number of fused-ring (bicyclic) bond motifs is 8. The molecule has 1 aliphatic carbocycles. The Morgan fingerprint density at radius 2 is 1.43 bits per heavy atom. The predicted molar refractivity (Wildman–Crippen MR) is 264 cm³/mol. The Morgan fingerprint density at radius 1 is 0.800 bits per heavy atom. The van der Waals surface area contributed by atoms with Crippen molar-refractivity contribution in [1.82, 2.24) is 20.6 Å². The van der Waals surface area contributed by atoms with Crippen LogP contribution in [0.4, 0.5) is 0 Å². The SMILES string of the molecule is CCC1/C2=C/c3[nH]c4c(c3C)=C(O)[C@H](C(=O)OC)C=4C3N/C(=C\c4[nH]c(c(C(C)=O)c4C)/C=C(\N2)[C@@H]1C)[C@@H](C)[C@@H]3CCC(=O)OC/C=C(\C)CCC[C@H](C)CCC[C@H](C)CCCC(C)C. The number of hydrogen-bond acceptors (Lipinski definition) is 8. The van der Waals surface area contributed by atoms with Crippen LogP contribution in [0.1, 0.15) is 178 Å². The maximum atomic E-state index is 13.7. The smallest absolute Gasteiger partial charge is 0.320 e. The lowest BCUT2D eigenvalue weighted by Crippen LogP contribution is -2.38. The van der Waals surface area contributed by atoms with Crippen molar-refractivity contribution in [3.63, 3.8) is 0 Å². The molecular weight excluding hydrogens is 813 g/mol. The number of aromatic amines is 2. The Hall–Kier alpha value is -4.73. The van der Waals surface area contributed by atoms with Gasteiger partial charge in [0.25, 0.3) is 0 Å². The molecule has 3 aliphatic heterocycles. The molecule has 8 atom stereocenters. The van der Waals surface area contributed by atoms with Crippen molar-refractivity contribution >= 4 is 47.3 Å². The number of esters is 2. The highest BCUT2D eigenvalue weighted by Crippen LogP contribution is 2.43. The van der Waals surface area contributed by atoms with E-state index in [2.05, 4.69) is 94.2 Å². The highest BCUT2D eigenvalue weighted by Gasteiger charge is 2.47. The van der Waals surface area contributed by atoms with Crippen molar-refractivity contribution in [3.8, 4) is 0 Å². The second kappa shape index (κ2) is 21.7. The van der Waals surface area contributed by atoms with E-state index in [-0.39, 0.29) is 54.2 Å². The molecule has 2 unspecified atom stereocenters. The second-order valence-electron chi connectivity index (χ2n) is 20.7. The van der Waals surface area contributed by atoms with E-state index in [1.54, 1.807) is 6.92 Å². The van der Waals surface area contributed by atoms with E-state index in [4.69, 9.17) is 9.47 Å². The summed E-state index contributed by atoms with van der Waals surface area (Å²) in [5.74, 6) is 0.576. The molecule has 10 nitrogen and oxygen atoms in total. The summed E-state index contributed by atoms with van der Waals surface area (Å²) < 4.78 is 11.2. The third kappa shape index (κ3) is 11.1. The maximum absolute atomic E-state index is 13.7. The molecule has 2 aromatic heterocycles. The first kappa shape index (κ1) is 49.7. The number of H-pyrrole nitrogens is 2. The average Bonchev–Trinajstić information content (AvgIpc) is 4.00. The first-order chi connectivity index (χ1) is 30.9. The molecule has 6 rings (SSSR count). The molecule has 0 spiro atoms. The number of aliphatic hydroxyl groups is 1. The highest BCUT2D eigenvalue weighted by atomic mass is 16.5. The van der Waals surface area contributed by atoms with Crippen molar-refractivity contribution in [2.24, 2.45) is 47.3 Å². The summed E-state index contributed by atoms with van der Waals surface area (Å²) in [5.41, 5.74) is 9.71. The van der Waals surface area contributed by atoms with Gasteiger partial charge in [0.15, 0.2) is 5.78 Å². The minimum Gasteiger partial charge on any atom is -0.510 e. The number of aliphatic hydroxyl groups excluding tert-OH is 1. The van der Waals surface area contributed by atoms with Crippen LogP contribution in [0.25, 0.3) is 29.6 Å². The van der Waals surface area contributed by atoms with Crippen LogP contribution in [0.5, 0.6) is 0 Å². The zero-order chi connectivity index (χ0) is 47.3. The summed E-state index contributed by atoms with van der Waals surface area (Å²) in [7, 11) is 1.35. The number of hydrogen-bond donors (Lipinski definition) is 5. The van der Waals surface area contributed by atoms with Crippen LogP contribution in [0, 0.1) is 61.2 Å². The van der Waals surface area contributed by atoms with Crippen molar-refractivity contribution in [2.45, 2.75) is 159 Å². The van der Waals surface area contributed by atoms with E-state index >= 15 is 0 Å². The van der Waals surface area contributed by atoms with Gasteiger partial charge in [0, 0.05) is 63.4 Å². The maximum Gasteiger partial charge on any atom is 0.320 e. The molecule has 10 heteroatoms. The normalized spacial score (nSPS) is 25.9. The van der Waals surface area contributed by atoms with Crippen LogP contribution < -0.4 is 21.2 Å². The fourth-order valence-corrected chi connectivity index (χ4v) is 11.3. The molecule has 0 amide bonds. The molecular formula is C55H80N4O6. The molecule has 8 bridgehead atoms. The molecule has 356 valence electrons. The third-order valence-corrected chi connectivity index (χ3v) is 15.4. The highest BCUT2D eigenvalue weighted by molar-refractivity contribution is 6.00. The topological polar surface area (TPSA) is 146 Å². The van der Waals surface area contributed by atoms with Gasteiger partial charge in [-0.3, -0.25) is 14.4 Å². The molecule has 5 N–H and O–H groups in total. The number of carbonyl (C=O) groups is 3. The van der Waals surface area contributed by atoms with Crippen LogP contribution in [0.15, 0.2) is 28.7 Å². The van der Waals surface area contributed by atoms with Gasteiger partial charge in [0.05, 0.1) is 24.2 Å². The van der Waals surface area contributed by atoms with Crippen LogP contribution in [0.2, 0.25) is 0 Å². The summed E-state index contributed by atoms with van der Waals surface area (Å²) in [5, 5.41) is 20.8. The van der Waals surface area contributed by atoms with Crippen molar-refractivity contribution in [3.05, 3.63) is 73.1 Å². The Morgan fingerprint density at radius 3 is 2.08 bits per heavy atom. The van der Waals surface area contributed by atoms with E-state index in [0.717, 1.165) is 82.3 Å². The van der Waals surface area contributed by atoms with Gasteiger partial charge in [0.2, 0.25) is 0 Å². The van der Waals surface area contributed by atoms with Crippen molar-refractivity contribution < 1.29 is 29.0 Å². The van der Waals surface area contributed by atoms with Gasteiger partial charge in [-0.1, -0.05) is 99.0 Å². The van der Waals surface area contributed by atoms with E-state index < -0.39 is 17.9 Å². The van der Waals surface area contributed by atoms with E-state index in [9.17, 15) is 19.5 Å². The first-order valence-electron chi connectivity index (χ1n) is 24.9. The Balaban J connectivity index is 1.21. The molecule has 2 fully saturated rings. The predicted octanol–water partition coefficient (Wildman–Crippen LogP) is 10.7. The molecule has 0 radical (unpaired) electrons. The van der Waals surface area contributed by atoms with Crippen molar-refractivity contribution in [1.29, 1.82) is 0 Å². The summed E-state index contributed by atoms with van der Waals surface area (Å²) in [6.45, 7) is 23.9. The summed E-state index contributed by atoms with van der Waals surface area (Å²) in [6, 6.07) is -0.438. The minimum absolute atomic E-state index is 0.0169. The van der Waals surface area contributed by atoms with Crippen LogP contribution in [-0.2, 0) is 19.1 Å². The van der Waals surface area contributed by atoms with Gasteiger partial charge >= 0.3 is 11.9 Å². The van der Waals surface area contributed by atoms with Crippen LogP contribution in [0.3, 0.4) is 0 Å². The van der Waals surface area contributed by atoms with Gasteiger partial charge in [-0.2, -0.15) is 0 Å². The van der Waals surface area contributed by atoms with Gasteiger partial charge in [-0.05, 0) is 118 Å². The van der Waals surface area contributed by atoms with E-state index in [1.165, 1.54) is 57.6 Å². The fourth-order valence-electron chi connectivity index (χ4n) is 11.3. The monoisotopic (exact) mass is 893 g/mol. The summed E-state index contributed by atoms with van der Waals surface area (Å²) >= 11 is 0. The number of Topliss-reactive ketones (excluding diaryl/α,β-unsaturated/α-hetero) is 1. The average molecular weight is 893 g/mol.